The summed E-state index contributed by atoms with van der Waals surface area (Å²) in [5.74, 6) is 0.265. The van der Waals surface area contributed by atoms with Crippen molar-refractivity contribution in [2.75, 3.05) is 12.4 Å². The molecule has 7 heteroatoms. The van der Waals surface area contributed by atoms with Crippen molar-refractivity contribution in [1.82, 2.24) is 14.9 Å². The molecule has 1 aromatic heterocycles. The maximum Gasteiger partial charge on any atom is 0.325 e. The maximum absolute atomic E-state index is 11.6. The van der Waals surface area contributed by atoms with Gasteiger partial charge >= 0.3 is 6.03 Å². The molecule has 0 radical (unpaired) electrons. The number of hydrogen-bond donors (Lipinski definition) is 2. The fourth-order valence-electron chi connectivity index (χ4n) is 1.55. The SMILES string of the molecule is COc1ccc(NC(=O)NC(=O)Cn2ccnc2)cc1. The summed E-state index contributed by atoms with van der Waals surface area (Å²) in [4.78, 5) is 27.0. The number of imide groups is 1. The number of nitrogens with zero attached hydrogens (tertiary/aromatic N) is 2. The van der Waals surface area contributed by atoms with Gasteiger partial charge in [-0.25, -0.2) is 9.78 Å². The minimum Gasteiger partial charge on any atom is -0.497 e. The van der Waals surface area contributed by atoms with Crippen molar-refractivity contribution in [2.24, 2.45) is 0 Å². The van der Waals surface area contributed by atoms with Gasteiger partial charge in [0.15, 0.2) is 0 Å². The van der Waals surface area contributed by atoms with Gasteiger partial charge in [-0.1, -0.05) is 0 Å². The van der Waals surface area contributed by atoms with E-state index >= 15 is 0 Å². The zero-order valence-corrected chi connectivity index (χ0v) is 10.9. The van der Waals surface area contributed by atoms with E-state index in [4.69, 9.17) is 4.74 Å². The van der Waals surface area contributed by atoms with E-state index in [9.17, 15) is 9.59 Å². The Kier molecular flexibility index (Phi) is 4.33. The molecule has 7 nitrogen and oxygen atoms in total. The molecule has 0 atom stereocenters. The monoisotopic (exact) mass is 274 g/mol. The molecule has 0 unspecified atom stereocenters. The average molecular weight is 274 g/mol. The molecule has 3 amide bonds. The van der Waals surface area contributed by atoms with Crippen LogP contribution in [-0.4, -0.2) is 28.6 Å². The summed E-state index contributed by atoms with van der Waals surface area (Å²) in [7, 11) is 1.56. The van der Waals surface area contributed by atoms with Crippen LogP contribution in [0.25, 0.3) is 0 Å². The van der Waals surface area contributed by atoms with E-state index in [0.717, 1.165) is 0 Å². The number of imidazole rings is 1. The summed E-state index contributed by atoms with van der Waals surface area (Å²) in [6.45, 7) is 0.0377. The Morgan fingerprint density at radius 2 is 2.05 bits per heavy atom. The van der Waals surface area contributed by atoms with Crippen LogP contribution in [0.5, 0.6) is 5.75 Å². The summed E-state index contributed by atoms with van der Waals surface area (Å²) in [5.41, 5.74) is 0.568. The highest BCUT2D eigenvalue weighted by atomic mass is 16.5. The number of ether oxygens (including phenoxy) is 1. The van der Waals surface area contributed by atoms with E-state index in [1.807, 2.05) is 0 Å². The van der Waals surface area contributed by atoms with Crippen LogP contribution in [0.1, 0.15) is 0 Å². The standard InChI is InChI=1S/C13H14N4O3/c1-20-11-4-2-10(3-5-11)15-13(19)16-12(18)8-17-7-6-14-9-17/h2-7,9H,8H2,1H3,(H2,15,16,18,19). The summed E-state index contributed by atoms with van der Waals surface area (Å²) >= 11 is 0. The van der Waals surface area contributed by atoms with Crippen LogP contribution in [-0.2, 0) is 11.3 Å². The molecule has 2 aromatic rings. The molecule has 20 heavy (non-hydrogen) atoms. The Balaban J connectivity index is 1.83. The summed E-state index contributed by atoms with van der Waals surface area (Å²) in [6, 6.07) is 6.20. The highest BCUT2D eigenvalue weighted by Crippen LogP contribution is 2.14. The van der Waals surface area contributed by atoms with Crippen LogP contribution in [0.4, 0.5) is 10.5 Å². The van der Waals surface area contributed by atoms with E-state index in [2.05, 4.69) is 15.6 Å². The van der Waals surface area contributed by atoms with E-state index < -0.39 is 11.9 Å². The first-order valence-corrected chi connectivity index (χ1v) is 5.88. The van der Waals surface area contributed by atoms with Gasteiger partial charge in [0.25, 0.3) is 0 Å². The first-order chi connectivity index (χ1) is 9.67. The van der Waals surface area contributed by atoms with E-state index in [1.165, 1.54) is 6.33 Å². The van der Waals surface area contributed by atoms with Crippen LogP contribution in [0.15, 0.2) is 43.0 Å². The van der Waals surface area contributed by atoms with Gasteiger partial charge in [0, 0.05) is 18.1 Å². The molecule has 0 fully saturated rings. The van der Waals surface area contributed by atoms with Crippen LogP contribution in [0, 0.1) is 0 Å². The number of rotatable bonds is 4. The molecule has 0 saturated heterocycles. The van der Waals surface area contributed by atoms with Crippen molar-refractivity contribution < 1.29 is 14.3 Å². The first kappa shape index (κ1) is 13.6. The lowest BCUT2D eigenvalue weighted by molar-refractivity contribution is -0.120. The Bertz CT molecular complexity index is 578. The number of urea groups is 1. The number of methoxy groups -OCH3 is 1. The molecule has 1 aromatic carbocycles. The van der Waals surface area contributed by atoms with Gasteiger partial charge in [0.05, 0.1) is 13.4 Å². The molecule has 1 heterocycles. The van der Waals surface area contributed by atoms with E-state index in [-0.39, 0.29) is 6.54 Å². The van der Waals surface area contributed by atoms with Crippen LogP contribution in [0.2, 0.25) is 0 Å². The Morgan fingerprint density at radius 1 is 1.30 bits per heavy atom. The van der Waals surface area contributed by atoms with E-state index in [1.54, 1.807) is 48.3 Å². The van der Waals surface area contributed by atoms with Crippen molar-refractivity contribution >= 4 is 17.6 Å². The molecule has 0 spiro atoms. The second kappa shape index (κ2) is 6.37. The predicted octanol–water partition coefficient (Wildman–Crippen LogP) is 1.24. The van der Waals surface area contributed by atoms with Gasteiger partial charge < -0.3 is 14.6 Å². The van der Waals surface area contributed by atoms with Crippen LogP contribution >= 0.6 is 0 Å². The third-order valence-electron chi connectivity index (χ3n) is 2.49. The molecular weight excluding hydrogens is 260 g/mol. The zero-order chi connectivity index (χ0) is 14.4. The Morgan fingerprint density at radius 3 is 2.65 bits per heavy atom. The van der Waals surface area contributed by atoms with Crippen molar-refractivity contribution in [3.05, 3.63) is 43.0 Å². The number of carbonyl (C=O) groups is 2. The number of amides is 3. The average Bonchev–Trinajstić information content (AvgIpc) is 2.92. The predicted molar refractivity (Wildman–Crippen MR) is 72.4 cm³/mol. The molecular formula is C13H14N4O3. The second-order valence-corrected chi connectivity index (χ2v) is 3.97. The highest BCUT2D eigenvalue weighted by Gasteiger charge is 2.08. The Labute approximate surface area is 115 Å². The largest absolute Gasteiger partial charge is 0.497 e. The van der Waals surface area contributed by atoms with Crippen molar-refractivity contribution in [3.63, 3.8) is 0 Å². The Hall–Kier alpha value is -2.83. The zero-order valence-electron chi connectivity index (χ0n) is 10.9. The lowest BCUT2D eigenvalue weighted by Crippen LogP contribution is -2.36. The van der Waals surface area contributed by atoms with Crippen LogP contribution < -0.4 is 15.4 Å². The minimum atomic E-state index is -0.583. The number of anilines is 1. The highest BCUT2D eigenvalue weighted by molar-refractivity contribution is 6.01. The summed E-state index contributed by atoms with van der Waals surface area (Å²) < 4.78 is 6.57. The fraction of sp³-hybridized carbons (Fsp3) is 0.154. The van der Waals surface area contributed by atoms with Crippen molar-refractivity contribution in [1.29, 1.82) is 0 Å². The molecule has 0 aliphatic rings. The normalized spacial score (nSPS) is 9.85. The molecule has 2 rings (SSSR count). The third kappa shape index (κ3) is 3.84. The lowest BCUT2D eigenvalue weighted by atomic mass is 10.3. The van der Waals surface area contributed by atoms with Crippen LogP contribution in [0.3, 0.4) is 0 Å². The number of benzene rings is 1. The van der Waals surface area contributed by atoms with Crippen molar-refractivity contribution in [2.45, 2.75) is 6.54 Å². The van der Waals surface area contributed by atoms with Crippen molar-refractivity contribution in [3.8, 4) is 5.75 Å². The summed E-state index contributed by atoms with van der Waals surface area (Å²) in [5, 5.41) is 4.78. The lowest BCUT2D eigenvalue weighted by Gasteiger charge is -2.07. The maximum atomic E-state index is 11.6. The van der Waals surface area contributed by atoms with E-state index in [0.29, 0.717) is 11.4 Å². The summed E-state index contributed by atoms with van der Waals surface area (Å²) in [6.07, 6.45) is 4.70. The second-order valence-electron chi connectivity index (χ2n) is 3.97. The van der Waals surface area contributed by atoms with Gasteiger partial charge in [0.1, 0.15) is 12.3 Å². The number of hydrogen-bond acceptors (Lipinski definition) is 4. The number of nitrogens with one attached hydrogen (secondary N) is 2. The molecule has 0 aliphatic carbocycles. The molecule has 104 valence electrons. The van der Waals surface area contributed by atoms with Gasteiger partial charge in [0.2, 0.25) is 5.91 Å². The molecule has 2 N–H and O–H groups in total. The minimum absolute atomic E-state index is 0.0377. The fourth-order valence-corrected chi connectivity index (χ4v) is 1.55. The van der Waals surface area contributed by atoms with Gasteiger partial charge in [-0.05, 0) is 24.3 Å². The molecule has 0 aliphatic heterocycles. The quantitative estimate of drug-likeness (QED) is 0.878. The molecule has 0 bridgehead atoms. The molecule has 0 saturated carbocycles. The van der Waals surface area contributed by atoms with Gasteiger partial charge in [-0.2, -0.15) is 0 Å². The smallest absolute Gasteiger partial charge is 0.325 e. The van der Waals surface area contributed by atoms with Gasteiger partial charge in [-0.3, -0.25) is 10.1 Å². The van der Waals surface area contributed by atoms with Gasteiger partial charge in [-0.15, -0.1) is 0 Å². The number of aromatic nitrogens is 2. The third-order valence-corrected chi connectivity index (χ3v) is 2.49. The first-order valence-electron chi connectivity index (χ1n) is 5.88. The number of carbonyl (C=O) groups excluding carboxylic acids is 2. The topological polar surface area (TPSA) is 85.3 Å².